The van der Waals surface area contributed by atoms with Crippen molar-refractivity contribution in [2.24, 2.45) is 0 Å². The highest BCUT2D eigenvalue weighted by atomic mass is 16.5. The molecule has 0 unspecified atom stereocenters. The first-order valence-electron chi connectivity index (χ1n) is 10.7. The third-order valence-electron chi connectivity index (χ3n) is 5.93. The van der Waals surface area contributed by atoms with Gasteiger partial charge in [0, 0.05) is 35.3 Å². The molecule has 1 heterocycles. The molecule has 0 aliphatic rings. The molecule has 4 rings (SSSR count). The van der Waals surface area contributed by atoms with Crippen LogP contribution in [-0.4, -0.2) is 44.2 Å². The monoisotopic (exact) mass is 444 g/mol. The summed E-state index contributed by atoms with van der Waals surface area (Å²) >= 11 is 0. The molecule has 1 N–H and O–H groups in total. The third-order valence-corrected chi connectivity index (χ3v) is 5.93. The lowest BCUT2D eigenvalue weighted by atomic mass is 9.95. The number of rotatable bonds is 7. The van der Waals surface area contributed by atoms with Gasteiger partial charge in [-0.15, -0.1) is 0 Å². The third kappa shape index (κ3) is 4.12. The van der Waals surface area contributed by atoms with Crippen molar-refractivity contribution in [2.75, 3.05) is 28.4 Å². The Kier molecular flexibility index (Phi) is 6.27. The predicted molar refractivity (Wildman–Crippen MR) is 130 cm³/mol. The van der Waals surface area contributed by atoms with Crippen LogP contribution >= 0.6 is 0 Å². The SMILES string of the molecule is COc1cc(C(=O)N(C)[C@H](c2ccc(C)cc2)c2c[nH]c3ccccc23)cc(OC)c1OC. The topological polar surface area (TPSA) is 63.8 Å². The number of benzene rings is 3. The summed E-state index contributed by atoms with van der Waals surface area (Å²) in [7, 11) is 6.43. The van der Waals surface area contributed by atoms with E-state index in [0.717, 1.165) is 27.6 Å². The number of aromatic amines is 1. The van der Waals surface area contributed by atoms with Gasteiger partial charge < -0.3 is 24.1 Å². The van der Waals surface area contributed by atoms with Gasteiger partial charge in [0.05, 0.1) is 27.4 Å². The van der Waals surface area contributed by atoms with Crippen molar-refractivity contribution < 1.29 is 19.0 Å². The lowest BCUT2D eigenvalue weighted by Gasteiger charge is -2.29. The van der Waals surface area contributed by atoms with Crippen LogP contribution in [-0.2, 0) is 0 Å². The Labute approximate surface area is 193 Å². The van der Waals surface area contributed by atoms with Crippen molar-refractivity contribution in [2.45, 2.75) is 13.0 Å². The Bertz CT molecular complexity index is 1250. The van der Waals surface area contributed by atoms with Gasteiger partial charge in [0.15, 0.2) is 11.5 Å². The van der Waals surface area contributed by atoms with Gasteiger partial charge in [-0.2, -0.15) is 0 Å². The van der Waals surface area contributed by atoms with Crippen molar-refractivity contribution in [3.8, 4) is 17.2 Å². The number of aromatic nitrogens is 1. The summed E-state index contributed by atoms with van der Waals surface area (Å²) < 4.78 is 16.3. The number of ether oxygens (including phenoxy) is 3. The van der Waals surface area contributed by atoms with Crippen LogP contribution < -0.4 is 14.2 Å². The number of amides is 1. The second-order valence-electron chi connectivity index (χ2n) is 7.93. The molecule has 0 aliphatic carbocycles. The van der Waals surface area contributed by atoms with E-state index in [4.69, 9.17) is 14.2 Å². The molecule has 0 radical (unpaired) electrons. The van der Waals surface area contributed by atoms with E-state index in [-0.39, 0.29) is 11.9 Å². The minimum absolute atomic E-state index is 0.162. The van der Waals surface area contributed by atoms with Gasteiger partial charge in [-0.3, -0.25) is 4.79 Å². The number of nitrogens with zero attached hydrogens (tertiary/aromatic N) is 1. The highest BCUT2D eigenvalue weighted by Gasteiger charge is 2.28. The smallest absolute Gasteiger partial charge is 0.254 e. The zero-order valence-electron chi connectivity index (χ0n) is 19.5. The summed E-state index contributed by atoms with van der Waals surface area (Å²) in [5.41, 5.74) is 4.68. The summed E-state index contributed by atoms with van der Waals surface area (Å²) in [5.74, 6) is 1.16. The van der Waals surface area contributed by atoms with Crippen molar-refractivity contribution in [3.05, 3.63) is 89.1 Å². The number of hydrogen-bond acceptors (Lipinski definition) is 4. The summed E-state index contributed by atoms with van der Waals surface area (Å²) in [6.07, 6.45) is 1.98. The number of nitrogens with one attached hydrogen (secondary N) is 1. The summed E-state index contributed by atoms with van der Waals surface area (Å²) in [6.45, 7) is 2.05. The Morgan fingerprint density at radius 1 is 0.909 bits per heavy atom. The molecule has 6 nitrogen and oxygen atoms in total. The second-order valence-corrected chi connectivity index (χ2v) is 7.93. The van der Waals surface area contributed by atoms with Gasteiger partial charge in [-0.1, -0.05) is 48.0 Å². The Morgan fingerprint density at radius 3 is 2.15 bits per heavy atom. The number of H-pyrrole nitrogens is 1. The quantitative estimate of drug-likeness (QED) is 0.417. The molecule has 33 heavy (non-hydrogen) atoms. The van der Waals surface area contributed by atoms with E-state index >= 15 is 0 Å². The van der Waals surface area contributed by atoms with Gasteiger partial charge in [0.2, 0.25) is 5.75 Å². The zero-order valence-corrected chi connectivity index (χ0v) is 19.5. The van der Waals surface area contributed by atoms with Gasteiger partial charge in [-0.25, -0.2) is 0 Å². The number of carbonyl (C=O) groups excluding carboxylic acids is 1. The van der Waals surface area contributed by atoms with Gasteiger partial charge in [0.25, 0.3) is 5.91 Å². The molecule has 0 fully saturated rings. The van der Waals surface area contributed by atoms with Crippen LogP contribution in [0.1, 0.15) is 33.1 Å². The maximum Gasteiger partial charge on any atom is 0.254 e. The maximum atomic E-state index is 13.8. The first-order valence-corrected chi connectivity index (χ1v) is 10.7. The fraction of sp³-hybridized carbons (Fsp3) is 0.222. The van der Waals surface area contributed by atoms with E-state index in [0.29, 0.717) is 22.8 Å². The number of aryl methyl sites for hydroxylation is 1. The van der Waals surface area contributed by atoms with Crippen molar-refractivity contribution in [1.29, 1.82) is 0 Å². The summed E-state index contributed by atoms with van der Waals surface area (Å²) in [5, 5.41) is 1.08. The summed E-state index contributed by atoms with van der Waals surface area (Å²) in [4.78, 5) is 18.8. The van der Waals surface area contributed by atoms with E-state index in [1.165, 1.54) is 14.2 Å². The average Bonchev–Trinajstić information content (AvgIpc) is 3.27. The molecular formula is C27H28N2O4. The highest BCUT2D eigenvalue weighted by Crippen LogP contribution is 2.40. The van der Waals surface area contributed by atoms with E-state index in [1.807, 2.05) is 31.4 Å². The molecule has 3 aromatic carbocycles. The lowest BCUT2D eigenvalue weighted by Crippen LogP contribution is -2.32. The van der Waals surface area contributed by atoms with Crippen LogP contribution in [0, 0.1) is 6.92 Å². The largest absolute Gasteiger partial charge is 0.493 e. The number of hydrogen-bond donors (Lipinski definition) is 1. The Balaban J connectivity index is 1.83. The zero-order chi connectivity index (χ0) is 23.5. The fourth-order valence-corrected chi connectivity index (χ4v) is 4.21. The van der Waals surface area contributed by atoms with Crippen molar-refractivity contribution in [1.82, 2.24) is 9.88 Å². The molecule has 1 aromatic heterocycles. The molecule has 170 valence electrons. The van der Waals surface area contributed by atoms with Gasteiger partial charge in [-0.05, 0) is 30.7 Å². The number of carbonyl (C=O) groups is 1. The molecule has 0 spiro atoms. The van der Waals surface area contributed by atoms with Crippen LogP contribution in [0.4, 0.5) is 0 Å². The van der Waals surface area contributed by atoms with E-state index in [9.17, 15) is 4.79 Å². The molecule has 0 aliphatic heterocycles. The fourth-order valence-electron chi connectivity index (χ4n) is 4.21. The molecule has 0 saturated heterocycles. The minimum Gasteiger partial charge on any atom is -0.493 e. The van der Waals surface area contributed by atoms with Crippen molar-refractivity contribution in [3.63, 3.8) is 0 Å². The van der Waals surface area contributed by atoms with Crippen LogP contribution in [0.15, 0.2) is 66.9 Å². The number of para-hydroxylation sites is 1. The highest BCUT2D eigenvalue weighted by molar-refractivity contribution is 5.96. The lowest BCUT2D eigenvalue weighted by molar-refractivity contribution is 0.0755. The first-order chi connectivity index (χ1) is 16.0. The first kappa shape index (κ1) is 22.3. The normalized spacial score (nSPS) is 11.8. The Morgan fingerprint density at radius 2 is 1.55 bits per heavy atom. The van der Waals surface area contributed by atoms with Gasteiger partial charge >= 0.3 is 0 Å². The molecular weight excluding hydrogens is 416 g/mol. The molecule has 0 bridgehead atoms. The summed E-state index contributed by atoms with van der Waals surface area (Å²) in [6, 6.07) is 19.4. The molecule has 1 amide bonds. The van der Waals surface area contributed by atoms with Crippen LogP contribution in [0.2, 0.25) is 0 Å². The standard InChI is InChI=1S/C27H28N2O4/c1-17-10-12-18(13-11-17)25(21-16-28-22-9-7-6-8-20(21)22)29(2)27(30)19-14-23(31-3)26(33-5)24(15-19)32-4/h6-16,25,28H,1-5H3/t25-/m1/s1. The average molecular weight is 445 g/mol. The van der Waals surface area contributed by atoms with Crippen LogP contribution in [0.25, 0.3) is 10.9 Å². The van der Waals surface area contributed by atoms with Crippen molar-refractivity contribution >= 4 is 16.8 Å². The molecule has 1 atom stereocenters. The number of fused-ring (bicyclic) bond motifs is 1. The molecule has 6 heteroatoms. The number of methoxy groups -OCH3 is 3. The molecule has 0 saturated carbocycles. The van der Waals surface area contributed by atoms with Crippen LogP contribution in [0.5, 0.6) is 17.2 Å². The molecule has 4 aromatic rings. The van der Waals surface area contributed by atoms with Gasteiger partial charge in [0.1, 0.15) is 0 Å². The predicted octanol–water partition coefficient (Wildman–Crippen LogP) is 5.36. The second kappa shape index (κ2) is 9.28. The van der Waals surface area contributed by atoms with E-state index in [2.05, 4.69) is 42.2 Å². The van der Waals surface area contributed by atoms with Crippen LogP contribution in [0.3, 0.4) is 0 Å². The van der Waals surface area contributed by atoms with E-state index in [1.54, 1.807) is 24.1 Å². The van der Waals surface area contributed by atoms with E-state index < -0.39 is 0 Å². The Hall–Kier alpha value is -3.93. The minimum atomic E-state index is -0.298. The maximum absolute atomic E-state index is 13.8.